The SMILES string of the molecule is COc1ccc(OC)c(C(O)CNC2CC3CCC2C3)c1. The quantitative estimate of drug-likeness (QED) is 0.845. The van der Waals surface area contributed by atoms with Crippen molar-refractivity contribution in [2.75, 3.05) is 20.8 Å². The first-order valence-corrected chi connectivity index (χ1v) is 7.84. The Morgan fingerprint density at radius 3 is 2.71 bits per heavy atom. The number of ether oxygens (including phenoxy) is 2. The molecule has 116 valence electrons. The molecular formula is C17H25NO3. The maximum absolute atomic E-state index is 10.5. The molecule has 0 aromatic heterocycles. The molecule has 1 aromatic carbocycles. The Hall–Kier alpha value is -1.26. The van der Waals surface area contributed by atoms with Crippen LogP contribution in [-0.2, 0) is 0 Å². The fraction of sp³-hybridized carbons (Fsp3) is 0.647. The van der Waals surface area contributed by atoms with E-state index < -0.39 is 6.10 Å². The lowest BCUT2D eigenvalue weighted by molar-refractivity contribution is 0.159. The van der Waals surface area contributed by atoms with Crippen molar-refractivity contribution in [1.82, 2.24) is 5.32 Å². The lowest BCUT2D eigenvalue weighted by Crippen LogP contribution is -2.36. The van der Waals surface area contributed by atoms with E-state index in [9.17, 15) is 5.11 Å². The molecule has 21 heavy (non-hydrogen) atoms. The van der Waals surface area contributed by atoms with Gasteiger partial charge in [-0.25, -0.2) is 0 Å². The Morgan fingerprint density at radius 2 is 2.10 bits per heavy atom. The highest BCUT2D eigenvalue weighted by molar-refractivity contribution is 5.41. The summed E-state index contributed by atoms with van der Waals surface area (Å²) >= 11 is 0. The summed E-state index contributed by atoms with van der Waals surface area (Å²) in [7, 11) is 3.26. The molecule has 2 aliphatic rings. The van der Waals surface area contributed by atoms with Gasteiger partial charge in [0.1, 0.15) is 11.5 Å². The molecule has 1 aromatic rings. The van der Waals surface area contributed by atoms with Crippen LogP contribution < -0.4 is 14.8 Å². The normalized spacial score (nSPS) is 28.6. The first kappa shape index (κ1) is 14.7. The molecule has 0 saturated heterocycles. The monoisotopic (exact) mass is 291 g/mol. The third kappa shape index (κ3) is 3.01. The van der Waals surface area contributed by atoms with Gasteiger partial charge in [0.2, 0.25) is 0 Å². The van der Waals surface area contributed by atoms with E-state index in [1.54, 1.807) is 14.2 Å². The van der Waals surface area contributed by atoms with Crippen molar-refractivity contribution in [3.05, 3.63) is 23.8 Å². The minimum atomic E-state index is -0.575. The highest BCUT2D eigenvalue weighted by Crippen LogP contribution is 2.44. The number of aliphatic hydroxyl groups excluding tert-OH is 1. The summed E-state index contributed by atoms with van der Waals surface area (Å²) in [5.41, 5.74) is 0.785. The van der Waals surface area contributed by atoms with Crippen LogP contribution >= 0.6 is 0 Å². The Labute approximate surface area is 126 Å². The predicted molar refractivity (Wildman–Crippen MR) is 81.7 cm³/mol. The van der Waals surface area contributed by atoms with E-state index in [2.05, 4.69) is 5.32 Å². The molecule has 0 spiro atoms. The van der Waals surface area contributed by atoms with Gasteiger partial charge in [-0.1, -0.05) is 6.42 Å². The summed E-state index contributed by atoms with van der Waals surface area (Å²) in [5.74, 6) is 3.17. The minimum absolute atomic E-state index is 0.567. The third-order valence-electron chi connectivity index (χ3n) is 5.11. The van der Waals surface area contributed by atoms with Crippen molar-refractivity contribution in [3.8, 4) is 11.5 Å². The summed E-state index contributed by atoms with van der Waals surface area (Å²) in [6.45, 7) is 0.567. The van der Waals surface area contributed by atoms with Crippen LogP contribution in [0.4, 0.5) is 0 Å². The Kier molecular flexibility index (Phi) is 4.36. The number of benzene rings is 1. The molecule has 2 saturated carbocycles. The van der Waals surface area contributed by atoms with Crippen molar-refractivity contribution in [3.63, 3.8) is 0 Å². The summed E-state index contributed by atoms with van der Waals surface area (Å²) < 4.78 is 10.6. The summed E-state index contributed by atoms with van der Waals surface area (Å²) in [6.07, 6.45) is 4.81. The number of nitrogens with one attached hydrogen (secondary N) is 1. The molecule has 0 radical (unpaired) electrons. The average molecular weight is 291 g/mol. The maximum Gasteiger partial charge on any atom is 0.124 e. The van der Waals surface area contributed by atoms with Crippen molar-refractivity contribution in [2.24, 2.45) is 11.8 Å². The zero-order valence-corrected chi connectivity index (χ0v) is 12.8. The molecule has 4 unspecified atom stereocenters. The zero-order valence-electron chi connectivity index (χ0n) is 12.8. The minimum Gasteiger partial charge on any atom is -0.497 e. The second-order valence-corrected chi connectivity index (χ2v) is 6.31. The van der Waals surface area contributed by atoms with E-state index in [-0.39, 0.29) is 0 Å². The number of hydrogen-bond donors (Lipinski definition) is 2. The molecule has 4 atom stereocenters. The molecule has 2 N–H and O–H groups in total. The average Bonchev–Trinajstić information content (AvgIpc) is 3.14. The molecule has 0 aliphatic heterocycles. The summed E-state index contributed by atoms with van der Waals surface area (Å²) in [5, 5.41) is 14.0. The largest absolute Gasteiger partial charge is 0.497 e. The highest BCUT2D eigenvalue weighted by Gasteiger charge is 2.39. The van der Waals surface area contributed by atoms with E-state index >= 15 is 0 Å². The van der Waals surface area contributed by atoms with E-state index in [1.807, 2.05) is 18.2 Å². The molecule has 2 bridgehead atoms. The summed E-state index contributed by atoms with van der Waals surface area (Å²) in [6, 6.07) is 6.12. The first-order valence-electron chi connectivity index (χ1n) is 7.84. The second-order valence-electron chi connectivity index (χ2n) is 6.31. The zero-order chi connectivity index (χ0) is 14.8. The van der Waals surface area contributed by atoms with Gasteiger partial charge in [-0.2, -0.15) is 0 Å². The van der Waals surface area contributed by atoms with Crippen LogP contribution in [0.1, 0.15) is 37.4 Å². The Morgan fingerprint density at radius 1 is 1.24 bits per heavy atom. The van der Waals surface area contributed by atoms with Gasteiger partial charge in [0, 0.05) is 18.2 Å². The van der Waals surface area contributed by atoms with Crippen LogP contribution in [0.3, 0.4) is 0 Å². The molecule has 3 rings (SSSR count). The van der Waals surface area contributed by atoms with Gasteiger partial charge in [-0.15, -0.1) is 0 Å². The molecular weight excluding hydrogens is 266 g/mol. The number of methoxy groups -OCH3 is 2. The first-order chi connectivity index (χ1) is 10.2. The predicted octanol–water partition coefficient (Wildman–Crippen LogP) is 2.52. The third-order valence-corrected chi connectivity index (χ3v) is 5.11. The molecule has 0 amide bonds. The van der Waals surface area contributed by atoms with E-state index in [0.717, 1.165) is 23.1 Å². The fourth-order valence-electron chi connectivity index (χ4n) is 3.97. The Bertz CT molecular complexity index is 491. The van der Waals surface area contributed by atoms with E-state index in [0.29, 0.717) is 18.3 Å². The molecule has 2 aliphatic carbocycles. The molecule has 4 nitrogen and oxygen atoms in total. The van der Waals surface area contributed by atoms with Gasteiger partial charge in [0.05, 0.1) is 20.3 Å². The lowest BCUT2D eigenvalue weighted by Gasteiger charge is -2.25. The lowest BCUT2D eigenvalue weighted by atomic mass is 9.95. The van der Waals surface area contributed by atoms with Gasteiger partial charge >= 0.3 is 0 Å². The van der Waals surface area contributed by atoms with Crippen LogP contribution in [0, 0.1) is 11.8 Å². The van der Waals surface area contributed by atoms with Gasteiger partial charge in [0.25, 0.3) is 0 Å². The second kappa shape index (κ2) is 6.24. The van der Waals surface area contributed by atoms with Gasteiger partial charge in [-0.3, -0.25) is 0 Å². The number of hydrogen-bond acceptors (Lipinski definition) is 4. The molecule has 2 fully saturated rings. The van der Waals surface area contributed by atoms with Crippen molar-refractivity contribution in [2.45, 2.75) is 37.8 Å². The fourth-order valence-corrected chi connectivity index (χ4v) is 3.97. The van der Waals surface area contributed by atoms with E-state index in [4.69, 9.17) is 9.47 Å². The van der Waals surface area contributed by atoms with Gasteiger partial charge in [0.15, 0.2) is 0 Å². The number of rotatable bonds is 6. The Balaban J connectivity index is 1.63. The van der Waals surface area contributed by atoms with Crippen LogP contribution in [0.25, 0.3) is 0 Å². The topological polar surface area (TPSA) is 50.7 Å². The highest BCUT2D eigenvalue weighted by atomic mass is 16.5. The molecule has 0 heterocycles. The van der Waals surface area contributed by atoms with Crippen LogP contribution in [-0.4, -0.2) is 31.9 Å². The van der Waals surface area contributed by atoms with Gasteiger partial charge in [-0.05, 0) is 49.3 Å². The van der Waals surface area contributed by atoms with Crippen molar-refractivity contribution in [1.29, 1.82) is 0 Å². The maximum atomic E-state index is 10.5. The summed E-state index contributed by atoms with van der Waals surface area (Å²) in [4.78, 5) is 0. The van der Waals surface area contributed by atoms with Crippen LogP contribution in [0.2, 0.25) is 0 Å². The number of aliphatic hydroxyl groups is 1. The van der Waals surface area contributed by atoms with Crippen LogP contribution in [0.15, 0.2) is 18.2 Å². The van der Waals surface area contributed by atoms with Crippen molar-refractivity contribution < 1.29 is 14.6 Å². The van der Waals surface area contributed by atoms with Gasteiger partial charge < -0.3 is 19.9 Å². The van der Waals surface area contributed by atoms with Crippen molar-refractivity contribution >= 4 is 0 Å². The van der Waals surface area contributed by atoms with Crippen LogP contribution in [0.5, 0.6) is 11.5 Å². The number of fused-ring (bicyclic) bond motifs is 2. The standard InChI is InChI=1S/C17H25NO3/c1-20-13-5-6-17(21-2)14(9-13)16(19)10-18-15-8-11-3-4-12(15)7-11/h5-6,9,11-12,15-16,18-19H,3-4,7-8,10H2,1-2H3. The van der Waals surface area contributed by atoms with E-state index in [1.165, 1.54) is 25.7 Å². The molecule has 4 heteroatoms. The smallest absolute Gasteiger partial charge is 0.124 e.